The Balaban J connectivity index is 1.03. The van der Waals surface area contributed by atoms with Crippen LogP contribution in [0, 0.1) is 59.2 Å². The second-order valence-corrected chi connectivity index (χ2v) is 35.0. The van der Waals surface area contributed by atoms with E-state index in [2.05, 4.69) is 52.9 Å². The molecule has 658 valence electrons. The number of carboxylic acid groups (broad SMARTS) is 2. The minimum absolute atomic E-state index is 0.00325. The first-order valence-corrected chi connectivity index (χ1v) is 43.5. The van der Waals surface area contributed by atoms with Crippen molar-refractivity contribution in [2.24, 2.45) is 47.3 Å². The largest absolute Gasteiger partial charge is 0.506 e. The lowest BCUT2D eigenvalue weighted by atomic mass is 9.83. The number of hydrogen-bond donors (Lipinski definition) is 8. The van der Waals surface area contributed by atoms with Crippen molar-refractivity contribution in [3.8, 4) is 23.3 Å². The second kappa shape index (κ2) is 47.4. The van der Waals surface area contributed by atoms with Crippen molar-refractivity contribution in [3.05, 3.63) is 79.7 Å². The van der Waals surface area contributed by atoms with E-state index in [-0.39, 0.29) is 155 Å². The predicted molar refractivity (Wildman–Crippen MR) is 453 cm³/mol. The van der Waals surface area contributed by atoms with E-state index in [4.69, 9.17) is 9.47 Å². The zero-order valence-corrected chi connectivity index (χ0v) is 73.9. The molecule has 2 aromatic heterocycles. The molecule has 120 heavy (non-hydrogen) atoms. The maximum atomic E-state index is 14.5. The number of ether oxygens (including phenoxy) is 2. The summed E-state index contributed by atoms with van der Waals surface area (Å²) in [6.45, 7) is 22.7. The van der Waals surface area contributed by atoms with Gasteiger partial charge in [-0.25, -0.2) is 9.97 Å². The maximum absolute atomic E-state index is 14.5. The summed E-state index contributed by atoms with van der Waals surface area (Å²) in [5.41, 5.74) is 0.626. The number of ketones is 4. The third-order valence-corrected chi connectivity index (χ3v) is 25.0. The first-order chi connectivity index (χ1) is 56.6. The van der Waals surface area contributed by atoms with Crippen LogP contribution < -0.4 is 21.3 Å². The molecule has 8 N–H and O–H groups in total. The number of nitrogens with zero attached hydrogens (tertiary/aromatic N) is 6. The van der Waals surface area contributed by atoms with E-state index in [9.17, 15) is 87.5 Å². The number of likely N-dealkylation sites (N-methyl/N-ethyl adjacent to an activating group) is 2. The van der Waals surface area contributed by atoms with Crippen molar-refractivity contribution in [1.29, 1.82) is 0 Å². The highest BCUT2D eigenvalue weighted by Gasteiger charge is 2.41. The van der Waals surface area contributed by atoms with Crippen molar-refractivity contribution in [1.82, 2.24) is 40.2 Å². The Morgan fingerprint density at radius 2 is 0.892 bits per heavy atom. The SMILES string of the molecule is CC[C@H](C)[C@H](CC(=O)[C@H]1CCCCN1C)C(=O)N(C)[C@H](C[C@@H](OC(C)=O)c1nc(C(=O)N[C@@H](Cc2ccc(O)c(NC(=O)CCC(=O)C#CC(=O)CCC(=O)Nc3cc(C[C@@H](CC(C)C(=O)O)NC(=O)c4csc([C@@H](C[C@H](C(C)C)N(C)C(=O)[C@@H](CC(=O)[C@H]5CCCCN5C)[C@@H](C)CC)OC(C)=O)n4)ccc3O)c2)CC(C)C(=O)O)cs1)C(C)C. The van der Waals surface area contributed by atoms with Crippen LogP contribution in [0.2, 0.25) is 0 Å². The first-order valence-electron chi connectivity index (χ1n) is 41.7. The number of likely N-dealkylation sites (tertiary alicyclic amines) is 2. The minimum atomic E-state index is -1.14. The van der Waals surface area contributed by atoms with Crippen molar-refractivity contribution >= 4 is 117 Å². The Morgan fingerprint density at radius 3 is 1.21 bits per heavy atom. The average Bonchev–Trinajstić information content (AvgIpc) is 1.73. The molecule has 0 bridgehead atoms. The molecule has 2 saturated heterocycles. The lowest BCUT2D eigenvalue weighted by molar-refractivity contribution is -0.150. The van der Waals surface area contributed by atoms with Gasteiger partial charge < -0.3 is 61.0 Å². The van der Waals surface area contributed by atoms with Gasteiger partial charge in [-0.15, -0.1) is 22.7 Å². The van der Waals surface area contributed by atoms with Gasteiger partial charge in [0.05, 0.1) is 35.3 Å². The minimum Gasteiger partial charge on any atom is -0.506 e. The molecule has 2 aliphatic rings. The van der Waals surface area contributed by atoms with Crippen LogP contribution in [0.5, 0.6) is 11.5 Å². The Morgan fingerprint density at radius 1 is 0.533 bits per heavy atom. The highest BCUT2D eigenvalue weighted by atomic mass is 32.1. The van der Waals surface area contributed by atoms with Crippen LogP contribution in [0.1, 0.15) is 253 Å². The van der Waals surface area contributed by atoms with E-state index in [0.717, 1.165) is 74.3 Å². The molecule has 4 heterocycles. The molecule has 2 unspecified atom stereocenters. The summed E-state index contributed by atoms with van der Waals surface area (Å²) >= 11 is 2.12. The molecule has 30 nitrogen and oxygen atoms in total. The van der Waals surface area contributed by atoms with Crippen LogP contribution in [0.15, 0.2) is 47.2 Å². The number of esters is 2. The van der Waals surface area contributed by atoms with E-state index < -0.39 is 145 Å². The topological polar surface area (TPSA) is 425 Å². The molecule has 2 aliphatic heterocycles. The van der Waals surface area contributed by atoms with Crippen LogP contribution >= 0.6 is 22.7 Å². The van der Waals surface area contributed by atoms with Gasteiger partial charge in [0.25, 0.3) is 11.8 Å². The molecule has 2 fully saturated rings. The van der Waals surface area contributed by atoms with Crippen molar-refractivity contribution in [2.45, 2.75) is 260 Å². The summed E-state index contributed by atoms with van der Waals surface area (Å²) in [7, 11) is 7.26. The number of aromatic nitrogens is 2. The number of carbonyl (C=O) groups is 14. The molecule has 14 atom stereocenters. The van der Waals surface area contributed by atoms with E-state index in [1.165, 1.54) is 74.9 Å². The van der Waals surface area contributed by atoms with Gasteiger partial charge in [-0.3, -0.25) is 76.9 Å². The summed E-state index contributed by atoms with van der Waals surface area (Å²) in [6, 6.07) is 5.23. The summed E-state index contributed by atoms with van der Waals surface area (Å²) in [5, 5.41) is 55.9. The average molecular weight is 1710 g/mol. The third kappa shape index (κ3) is 30.1. The van der Waals surface area contributed by atoms with Gasteiger partial charge in [0, 0.05) is 126 Å². The number of carbonyl (C=O) groups excluding carboxylic acids is 12. The zero-order valence-electron chi connectivity index (χ0n) is 72.2. The molecule has 6 amide bonds. The fourth-order valence-electron chi connectivity index (χ4n) is 15.5. The molecule has 4 aromatic rings. The van der Waals surface area contributed by atoms with Crippen molar-refractivity contribution in [2.75, 3.05) is 51.9 Å². The van der Waals surface area contributed by atoms with Gasteiger partial charge in [0.1, 0.15) is 32.9 Å². The standard InChI is InChI=1S/C88H124N10O20S2/c1-17-51(7)63(43-75(105)69-23-19-21-35-95(69)13)85(111)97(15)71(49(3)4)45-77(117-55(11)99)83-93-67(47-119-83)81(109)89-59(37-53(9)87(113)114)39-57-25-31-73(103)65(41-57)91-79(107)33-29-61(101)27-28-62(102)30-34-80(108)92-66-42-58(26-32-74(66)104)40-60(38-54(10)88(115)116)90-82(110)68-48-120-84(94-68)78(118-56(12)100)46-72(50(5)6)98(16)86(112)64(52(8)18-2)44-76(106)70-24-20-22-36-96(70)14/h25-26,31-32,41-42,47-54,59-60,63-64,69-72,77-78,103-104H,17-24,29-30,33-40,43-46H2,1-16H3,(H,89,109)(H,90,110)(H,91,107)(H,92,108)(H,113,114)(H,115,116)/t51-,52-,53?,54?,59+,60+,63-,64-,69+,70+,71+,72+,77+,78+/m0/s1. The predicted octanol–water partition coefficient (Wildman–Crippen LogP) is 11.4. The number of rotatable bonds is 46. The van der Waals surface area contributed by atoms with Gasteiger partial charge in [0.15, 0.2) is 23.8 Å². The van der Waals surface area contributed by atoms with Gasteiger partial charge >= 0.3 is 23.9 Å². The Labute approximate surface area is 712 Å². The first kappa shape index (κ1) is 99.0. The normalized spacial score (nSPS) is 17.4. The molecule has 0 radical (unpaired) electrons. The second-order valence-electron chi connectivity index (χ2n) is 33.2. The number of hydrogen-bond acceptors (Lipinski definition) is 24. The molecule has 0 saturated carbocycles. The van der Waals surface area contributed by atoms with E-state index in [0.29, 0.717) is 24.0 Å². The highest BCUT2D eigenvalue weighted by molar-refractivity contribution is 7.10. The van der Waals surface area contributed by atoms with Crippen LogP contribution in [0.25, 0.3) is 0 Å². The highest BCUT2D eigenvalue weighted by Crippen LogP contribution is 2.37. The lowest BCUT2D eigenvalue weighted by Crippen LogP contribution is -2.48. The monoisotopic (exact) mass is 1700 g/mol. The van der Waals surface area contributed by atoms with E-state index >= 15 is 0 Å². The zero-order chi connectivity index (χ0) is 89.1. The fourth-order valence-corrected chi connectivity index (χ4v) is 17.2. The van der Waals surface area contributed by atoms with Gasteiger partial charge in [-0.2, -0.15) is 0 Å². The Hall–Kier alpha value is -9.84. The van der Waals surface area contributed by atoms with Gasteiger partial charge in [0.2, 0.25) is 35.2 Å². The number of Topliss-reactive ketones (excluding diaryl/α,β-unsaturated/α-hetero) is 4. The van der Waals surface area contributed by atoms with Crippen LogP contribution in [-0.2, 0) is 79.8 Å². The summed E-state index contributed by atoms with van der Waals surface area (Å²) in [4.78, 5) is 203. The Kier molecular flexibility index (Phi) is 39.1. The summed E-state index contributed by atoms with van der Waals surface area (Å²) in [6.07, 6.45) is 3.21. The molecule has 0 aliphatic carbocycles. The number of piperidine rings is 2. The quantitative estimate of drug-likeness (QED) is 0.00881. The number of phenols is 2. The Bertz CT molecular complexity index is 4070. The number of anilines is 2. The molecule has 6 rings (SSSR count). The van der Waals surface area contributed by atoms with Crippen molar-refractivity contribution < 1.29 is 97.0 Å². The number of aromatic hydroxyl groups is 2. The molecule has 0 spiro atoms. The third-order valence-electron chi connectivity index (χ3n) is 23.2. The fraction of sp³-hybridized carbons (Fsp3) is 0.614. The number of amides is 6. The summed E-state index contributed by atoms with van der Waals surface area (Å²) in [5.74, 6) is -8.21. The molecule has 2 aromatic carbocycles. The number of phenolic OH excluding ortho intramolecular Hbond substituents is 2. The van der Waals surface area contributed by atoms with Crippen molar-refractivity contribution in [3.63, 3.8) is 0 Å². The van der Waals surface area contributed by atoms with Crippen LogP contribution in [0.4, 0.5) is 11.4 Å². The number of nitrogens with one attached hydrogen (secondary N) is 4. The van der Waals surface area contributed by atoms with Gasteiger partial charge in [-0.05, 0) is 149 Å². The smallest absolute Gasteiger partial charge is 0.306 e. The number of aliphatic carboxylic acids is 2. The maximum Gasteiger partial charge on any atom is 0.306 e. The van der Waals surface area contributed by atoms with E-state index in [1.54, 1.807) is 23.9 Å². The molecule has 32 heteroatoms. The van der Waals surface area contributed by atoms with Crippen LogP contribution in [-0.4, -0.2) is 210 Å². The van der Waals surface area contributed by atoms with Gasteiger partial charge in [-0.1, -0.05) is 107 Å². The summed E-state index contributed by atoms with van der Waals surface area (Å²) < 4.78 is 11.7. The van der Waals surface area contributed by atoms with Crippen LogP contribution in [0.3, 0.4) is 0 Å². The molecular formula is C88H124N10O20S2. The molecular weight excluding hydrogens is 1580 g/mol. The number of thiazole rings is 2. The van der Waals surface area contributed by atoms with E-state index in [1.807, 2.05) is 69.5 Å². The number of carboxylic acids is 2. The lowest BCUT2D eigenvalue weighted by Gasteiger charge is -2.37. The number of benzene rings is 2.